The third-order valence-electron chi connectivity index (χ3n) is 4.55. The predicted octanol–water partition coefficient (Wildman–Crippen LogP) is 3.92. The third kappa shape index (κ3) is 3.68. The summed E-state index contributed by atoms with van der Waals surface area (Å²) in [6.07, 6.45) is 2.77. The molecule has 0 spiro atoms. The number of thiophene rings is 1. The SMILES string of the molecule is CC1CCc2ccccc2N1C(=O)CSc1n[nH]c(Cc2cccs2)n1. The van der Waals surface area contributed by atoms with Gasteiger partial charge >= 0.3 is 0 Å². The van der Waals surface area contributed by atoms with E-state index in [0.717, 1.165) is 30.8 Å². The largest absolute Gasteiger partial charge is 0.309 e. The van der Waals surface area contributed by atoms with E-state index in [-0.39, 0.29) is 11.9 Å². The Morgan fingerprint density at radius 1 is 1.35 bits per heavy atom. The van der Waals surface area contributed by atoms with Crippen molar-refractivity contribution in [2.45, 2.75) is 37.4 Å². The Morgan fingerprint density at radius 3 is 3.08 bits per heavy atom. The number of aryl methyl sites for hydroxylation is 1. The van der Waals surface area contributed by atoms with Gasteiger partial charge in [0.25, 0.3) is 0 Å². The number of carbonyl (C=O) groups excluding carboxylic acids is 1. The van der Waals surface area contributed by atoms with Crippen molar-refractivity contribution in [2.24, 2.45) is 0 Å². The molecule has 7 heteroatoms. The van der Waals surface area contributed by atoms with Crippen LogP contribution in [-0.2, 0) is 17.6 Å². The van der Waals surface area contributed by atoms with Crippen LogP contribution in [0.1, 0.15) is 29.6 Å². The van der Waals surface area contributed by atoms with E-state index in [1.54, 1.807) is 11.3 Å². The van der Waals surface area contributed by atoms with E-state index >= 15 is 0 Å². The van der Waals surface area contributed by atoms with Gasteiger partial charge < -0.3 is 4.90 Å². The lowest BCUT2D eigenvalue weighted by Crippen LogP contribution is -2.43. The second-order valence-corrected chi connectivity index (χ2v) is 8.36. The van der Waals surface area contributed by atoms with Crippen molar-refractivity contribution >= 4 is 34.7 Å². The van der Waals surface area contributed by atoms with Gasteiger partial charge in [0.15, 0.2) is 0 Å². The number of anilines is 1. The van der Waals surface area contributed by atoms with Crippen molar-refractivity contribution in [1.82, 2.24) is 15.2 Å². The number of rotatable bonds is 5. The molecule has 0 radical (unpaired) electrons. The Labute approximate surface area is 160 Å². The number of amides is 1. The number of fused-ring (bicyclic) bond motifs is 1. The molecule has 0 bridgehead atoms. The number of benzene rings is 1. The monoisotopic (exact) mass is 384 g/mol. The highest BCUT2D eigenvalue weighted by atomic mass is 32.2. The molecule has 1 atom stereocenters. The quantitative estimate of drug-likeness (QED) is 0.678. The topological polar surface area (TPSA) is 61.9 Å². The van der Waals surface area contributed by atoms with Crippen LogP contribution >= 0.6 is 23.1 Å². The second kappa shape index (κ2) is 7.63. The van der Waals surface area contributed by atoms with Gasteiger partial charge in [0.1, 0.15) is 5.82 Å². The van der Waals surface area contributed by atoms with Crippen LogP contribution in [0.4, 0.5) is 5.69 Å². The van der Waals surface area contributed by atoms with Crippen molar-refractivity contribution in [1.29, 1.82) is 0 Å². The van der Waals surface area contributed by atoms with E-state index in [1.165, 1.54) is 22.2 Å². The summed E-state index contributed by atoms with van der Waals surface area (Å²) < 4.78 is 0. The average Bonchev–Trinajstić information content (AvgIpc) is 3.32. The molecule has 1 aliphatic heterocycles. The molecule has 1 amide bonds. The highest BCUT2D eigenvalue weighted by molar-refractivity contribution is 7.99. The minimum absolute atomic E-state index is 0.110. The molecular weight excluding hydrogens is 364 g/mol. The summed E-state index contributed by atoms with van der Waals surface area (Å²) in [4.78, 5) is 20.5. The summed E-state index contributed by atoms with van der Waals surface area (Å²) in [6, 6.07) is 12.5. The van der Waals surface area contributed by atoms with Crippen LogP contribution in [0.25, 0.3) is 0 Å². The first-order valence-electron chi connectivity index (χ1n) is 8.67. The number of hydrogen-bond acceptors (Lipinski definition) is 5. The molecule has 4 rings (SSSR count). The molecule has 0 fully saturated rings. The maximum absolute atomic E-state index is 12.8. The Balaban J connectivity index is 1.40. The maximum Gasteiger partial charge on any atom is 0.237 e. The summed E-state index contributed by atoms with van der Waals surface area (Å²) in [5.41, 5.74) is 2.30. The maximum atomic E-state index is 12.8. The molecule has 1 N–H and O–H groups in total. The predicted molar refractivity (Wildman–Crippen MR) is 106 cm³/mol. The van der Waals surface area contributed by atoms with Gasteiger partial charge in [-0.25, -0.2) is 4.98 Å². The van der Waals surface area contributed by atoms with Crippen LogP contribution in [0.15, 0.2) is 46.9 Å². The van der Waals surface area contributed by atoms with Gasteiger partial charge in [-0.2, -0.15) is 0 Å². The molecule has 26 heavy (non-hydrogen) atoms. The van der Waals surface area contributed by atoms with Crippen molar-refractivity contribution < 1.29 is 4.79 Å². The summed E-state index contributed by atoms with van der Waals surface area (Å²) in [7, 11) is 0. The van der Waals surface area contributed by atoms with Gasteiger partial charge in [-0.3, -0.25) is 9.89 Å². The van der Waals surface area contributed by atoms with Crippen molar-refractivity contribution in [3.63, 3.8) is 0 Å². The van der Waals surface area contributed by atoms with E-state index < -0.39 is 0 Å². The number of aromatic nitrogens is 3. The minimum Gasteiger partial charge on any atom is -0.309 e. The molecule has 1 unspecified atom stereocenters. The Kier molecular flexibility index (Phi) is 5.08. The molecule has 1 aliphatic rings. The van der Waals surface area contributed by atoms with Crippen LogP contribution < -0.4 is 4.90 Å². The number of nitrogens with zero attached hydrogens (tertiary/aromatic N) is 3. The van der Waals surface area contributed by atoms with Gasteiger partial charge in [-0.05, 0) is 42.8 Å². The molecular formula is C19H20N4OS2. The van der Waals surface area contributed by atoms with Gasteiger partial charge in [-0.15, -0.1) is 16.4 Å². The Bertz CT molecular complexity index is 891. The van der Waals surface area contributed by atoms with Crippen molar-refractivity contribution in [2.75, 3.05) is 10.7 Å². The number of thioether (sulfide) groups is 1. The summed E-state index contributed by atoms with van der Waals surface area (Å²) in [5, 5.41) is 9.89. The van der Waals surface area contributed by atoms with Crippen LogP contribution in [0.5, 0.6) is 0 Å². The van der Waals surface area contributed by atoms with Gasteiger partial charge in [0.2, 0.25) is 11.1 Å². The molecule has 0 saturated carbocycles. The molecule has 134 valence electrons. The number of H-pyrrole nitrogens is 1. The van der Waals surface area contributed by atoms with Gasteiger partial charge in [0, 0.05) is 23.0 Å². The standard InChI is InChI=1S/C19H20N4OS2/c1-13-8-9-14-5-2-3-7-16(14)23(13)18(24)12-26-19-20-17(21-22-19)11-15-6-4-10-25-15/h2-7,10,13H,8-9,11-12H2,1H3,(H,20,21,22). The van der Waals surface area contributed by atoms with E-state index in [2.05, 4.69) is 39.6 Å². The molecule has 0 aliphatic carbocycles. The van der Waals surface area contributed by atoms with Crippen LogP contribution in [0, 0.1) is 0 Å². The first kappa shape index (κ1) is 17.3. The summed E-state index contributed by atoms with van der Waals surface area (Å²) in [6.45, 7) is 2.12. The summed E-state index contributed by atoms with van der Waals surface area (Å²) in [5.74, 6) is 1.29. The average molecular weight is 385 g/mol. The molecule has 2 aromatic heterocycles. The highest BCUT2D eigenvalue weighted by Crippen LogP contribution is 2.31. The highest BCUT2D eigenvalue weighted by Gasteiger charge is 2.28. The third-order valence-corrected chi connectivity index (χ3v) is 6.26. The van der Waals surface area contributed by atoms with Gasteiger partial charge in [-0.1, -0.05) is 36.0 Å². The molecule has 0 saturated heterocycles. The second-order valence-electron chi connectivity index (χ2n) is 6.39. The Morgan fingerprint density at radius 2 is 2.23 bits per heavy atom. The minimum atomic E-state index is 0.110. The van der Waals surface area contributed by atoms with E-state index in [4.69, 9.17) is 0 Å². The number of nitrogens with one attached hydrogen (secondary N) is 1. The fourth-order valence-corrected chi connectivity index (χ4v) is 4.65. The lowest BCUT2D eigenvalue weighted by molar-refractivity contribution is -0.116. The van der Waals surface area contributed by atoms with Crippen molar-refractivity contribution in [3.8, 4) is 0 Å². The molecule has 1 aromatic carbocycles. The normalized spacial score (nSPS) is 16.5. The number of carbonyl (C=O) groups is 1. The zero-order valence-electron chi connectivity index (χ0n) is 14.5. The molecule has 3 aromatic rings. The van der Waals surface area contributed by atoms with E-state index in [1.807, 2.05) is 29.2 Å². The lowest BCUT2D eigenvalue weighted by atomic mass is 9.97. The smallest absolute Gasteiger partial charge is 0.237 e. The summed E-state index contributed by atoms with van der Waals surface area (Å²) >= 11 is 3.09. The van der Waals surface area contributed by atoms with E-state index in [0.29, 0.717) is 10.9 Å². The number of aromatic amines is 1. The van der Waals surface area contributed by atoms with Crippen LogP contribution in [0.2, 0.25) is 0 Å². The Hall–Kier alpha value is -2.12. The number of para-hydroxylation sites is 1. The van der Waals surface area contributed by atoms with E-state index in [9.17, 15) is 4.79 Å². The molecule has 3 heterocycles. The van der Waals surface area contributed by atoms with Crippen LogP contribution in [-0.4, -0.2) is 32.9 Å². The van der Waals surface area contributed by atoms with Crippen LogP contribution in [0.3, 0.4) is 0 Å². The lowest BCUT2D eigenvalue weighted by Gasteiger charge is -2.35. The fourth-order valence-electron chi connectivity index (χ4n) is 3.26. The number of hydrogen-bond donors (Lipinski definition) is 1. The molecule has 5 nitrogen and oxygen atoms in total. The first-order valence-corrected chi connectivity index (χ1v) is 10.5. The zero-order chi connectivity index (χ0) is 17.9. The van der Waals surface area contributed by atoms with Crippen molar-refractivity contribution in [3.05, 3.63) is 58.0 Å². The zero-order valence-corrected chi connectivity index (χ0v) is 16.1. The first-order chi connectivity index (χ1) is 12.7. The van der Waals surface area contributed by atoms with Gasteiger partial charge in [0.05, 0.1) is 5.75 Å². The fraction of sp³-hybridized carbons (Fsp3) is 0.316.